The van der Waals surface area contributed by atoms with E-state index in [9.17, 15) is 4.79 Å². The van der Waals surface area contributed by atoms with Crippen LogP contribution in [0.1, 0.15) is 16.1 Å². The molecule has 0 radical (unpaired) electrons. The fourth-order valence-electron chi connectivity index (χ4n) is 2.88. The number of hydrogen-bond acceptors (Lipinski definition) is 3. The number of nitrogens with one attached hydrogen (secondary N) is 1. The average Bonchev–Trinajstić information content (AvgIpc) is 3.43. The van der Waals surface area contributed by atoms with Crippen LogP contribution >= 0.6 is 34.8 Å². The van der Waals surface area contributed by atoms with Crippen molar-refractivity contribution < 1.29 is 9.21 Å². The van der Waals surface area contributed by atoms with Crippen molar-refractivity contribution >= 4 is 46.9 Å². The molecule has 0 fully saturated rings. The molecule has 2 heterocycles. The molecule has 5 nitrogen and oxygen atoms in total. The van der Waals surface area contributed by atoms with Crippen LogP contribution in [0.3, 0.4) is 0 Å². The van der Waals surface area contributed by atoms with Gasteiger partial charge in [0.25, 0.3) is 5.91 Å². The van der Waals surface area contributed by atoms with E-state index in [-0.39, 0.29) is 5.91 Å². The van der Waals surface area contributed by atoms with Gasteiger partial charge in [-0.1, -0.05) is 46.9 Å². The van der Waals surface area contributed by atoms with E-state index < -0.39 is 0 Å². The summed E-state index contributed by atoms with van der Waals surface area (Å²) >= 11 is 18.2. The van der Waals surface area contributed by atoms with Gasteiger partial charge in [-0.05, 0) is 48.5 Å². The second-order valence-corrected chi connectivity index (χ2v) is 7.48. The third-order valence-corrected chi connectivity index (χ3v) is 5.33. The van der Waals surface area contributed by atoms with E-state index in [0.717, 1.165) is 5.69 Å². The van der Waals surface area contributed by atoms with Gasteiger partial charge in [-0.25, -0.2) is 5.43 Å². The predicted molar refractivity (Wildman–Crippen MR) is 120 cm³/mol. The smallest absolute Gasteiger partial charge is 0.273 e. The van der Waals surface area contributed by atoms with Crippen LogP contribution in [-0.2, 0) is 0 Å². The second kappa shape index (κ2) is 8.79. The van der Waals surface area contributed by atoms with E-state index in [1.807, 2.05) is 41.2 Å². The maximum atomic E-state index is 12.6. The molecule has 0 aliphatic carbocycles. The Labute approximate surface area is 187 Å². The molecule has 0 saturated heterocycles. The van der Waals surface area contributed by atoms with Gasteiger partial charge in [-0.15, -0.1) is 0 Å². The summed E-state index contributed by atoms with van der Waals surface area (Å²) < 4.78 is 7.58. The minimum Gasteiger partial charge on any atom is -0.455 e. The van der Waals surface area contributed by atoms with Crippen molar-refractivity contribution in [2.45, 2.75) is 0 Å². The van der Waals surface area contributed by atoms with Gasteiger partial charge in [0.1, 0.15) is 11.5 Å². The number of halogens is 3. The number of para-hydroxylation sites is 1. The van der Waals surface area contributed by atoms with E-state index >= 15 is 0 Å². The Bertz CT molecular complexity index is 1230. The zero-order chi connectivity index (χ0) is 21.1. The van der Waals surface area contributed by atoms with Gasteiger partial charge in [-0.2, -0.15) is 5.10 Å². The van der Waals surface area contributed by atoms with Crippen LogP contribution in [0, 0.1) is 0 Å². The van der Waals surface area contributed by atoms with Crippen molar-refractivity contribution in [2.75, 3.05) is 0 Å². The second-order valence-electron chi connectivity index (χ2n) is 6.25. The number of carbonyl (C=O) groups excluding carboxylic acids is 1. The predicted octanol–water partition coefficient (Wildman–Crippen LogP) is 6.46. The van der Waals surface area contributed by atoms with Crippen LogP contribution in [-0.4, -0.2) is 16.7 Å². The molecule has 1 amide bonds. The Balaban J connectivity index is 1.49. The fourth-order valence-corrected chi connectivity index (χ4v) is 3.52. The van der Waals surface area contributed by atoms with Crippen LogP contribution in [0.2, 0.25) is 15.1 Å². The lowest BCUT2D eigenvalue weighted by molar-refractivity contribution is 0.0955. The van der Waals surface area contributed by atoms with E-state index in [1.165, 1.54) is 6.21 Å². The van der Waals surface area contributed by atoms with Crippen molar-refractivity contribution in [3.05, 3.63) is 99.4 Å². The first kappa shape index (κ1) is 20.3. The third kappa shape index (κ3) is 4.28. The van der Waals surface area contributed by atoms with E-state index in [0.29, 0.717) is 37.7 Å². The highest BCUT2D eigenvalue weighted by atomic mass is 35.5. The Hall–Kier alpha value is -2.99. The maximum Gasteiger partial charge on any atom is 0.273 e. The lowest BCUT2D eigenvalue weighted by Gasteiger charge is -2.08. The summed E-state index contributed by atoms with van der Waals surface area (Å²) in [7, 11) is 0. The van der Waals surface area contributed by atoms with Crippen LogP contribution in [0.5, 0.6) is 0 Å². The minimum atomic E-state index is -0.338. The summed E-state index contributed by atoms with van der Waals surface area (Å²) in [4.78, 5) is 12.6. The first-order chi connectivity index (χ1) is 14.5. The number of furan rings is 1. The molecule has 0 aliphatic heterocycles. The van der Waals surface area contributed by atoms with Crippen molar-refractivity contribution in [2.24, 2.45) is 5.10 Å². The highest BCUT2D eigenvalue weighted by molar-refractivity contribution is 6.44. The molecule has 2 aromatic carbocycles. The molecule has 0 spiro atoms. The van der Waals surface area contributed by atoms with Gasteiger partial charge in [0, 0.05) is 18.0 Å². The molecular weight excluding hydrogens is 445 g/mol. The summed E-state index contributed by atoms with van der Waals surface area (Å²) in [6.07, 6.45) is 5.15. The molecule has 0 aliphatic rings. The van der Waals surface area contributed by atoms with Crippen molar-refractivity contribution in [3.63, 3.8) is 0 Å². The number of hydrazone groups is 1. The molecule has 150 valence electrons. The average molecular weight is 459 g/mol. The van der Waals surface area contributed by atoms with E-state index in [1.54, 1.807) is 36.4 Å². The number of hydrogen-bond donors (Lipinski definition) is 1. The fraction of sp³-hybridized carbons (Fsp3) is 0. The van der Waals surface area contributed by atoms with Crippen LogP contribution in [0.15, 0.2) is 82.6 Å². The third-order valence-electron chi connectivity index (χ3n) is 4.29. The Morgan fingerprint density at radius 1 is 0.933 bits per heavy atom. The number of rotatable bonds is 5. The molecular formula is C22H14Cl3N3O2. The van der Waals surface area contributed by atoms with E-state index in [2.05, 4.69) is 10.5 Å². The number of nitrogens with zero attached hydrogens (tertiary/aromatic N) is 2. The number of benzene rings is 2. The normalized spacial score (nSPS) is 11.2. The molecule has 0 unspecified atom stereocenters. The summed E-state index contributed by atoms with van der Waals surface area (Å²) in [5.41, 5.74) is 4.37. The van der Waals surface area contributed by atoms with Crippen LogP contribution in [0.25, 0.3) is 17.0 Å². The highest BCUT2D eigenvalue weighted by Crippen LogP contribution is 2.35. The van der Waals surface area contributed by atoms with Gasteiger partial charge in [0.2, 0.25) is 0 Å². The zero-order valence-corrected chi connectivity index (χ0v) is 17.6. The quantitative estimate of drug-likeness (QED) is 0.212. The maximum absolute atomic E-state index is 12.6. The van der Waals surface area contributed by atoms with Crippen molar-refractivity contribution in [1.82, 2.24) is 9.99 Å². The molecule has 0 saturated carbocycles. The summed E-state index contributed by atoms with van der Waals surface area (Å²) in [6, 6.07) is 17.7. The minimum absolute atomic E-state index is 0.338. The molecule has 30 heavy (non-hydrogen) atoms. The number of aromatic nitrogens is 1. The molecule has 8 heteroatoms. The lowest BCUT2D eigenvalue weighted by Crippen LogP contribution is -2.19. The molecule has 1 N–H and O–H groups in total. The Morgan fingerprint density at radius 2 is 1.67 bits per heavy atom. The molecule has 4 rings (SSSR count). The van der Waals surface area contributed by atoms with Crippen LogP contribution < -0.4 is 5.43 Å². The number of amides is 1. The van der Waals surface area contributed by atoms with Crippen molar-refractivity contribution in [3.8, 4) is 17.0 Å². The summed E-state index contributed by atoms with van der Waals surface area (Å²) in [6.45, 7) is 0. The van der Waals surface area contributed by atoms with Gasteiger partial charge in [0.05, 0.1) is 32.5 Å². The molecule has 2 aromatic heterocycles. The van der Waals surface area contributed by atoms with Crippen LogP contribution in [0.4, 0.5) is 0 Å². The Morgan fingerprint density at radius 3 is 2.47 bits per heavy atom. The first-order valence-electron chi connectivity index (χ1n) is 8.83. The largest absolute Gasteiger partial charge is 0.455 e. The molecule has 0 atom stereocenters. The standard InChI is InChI=1S/C22H14Cl3N3O2/c23-17-12-19(25)18(24)11-16(17)21-8-7-14(30-21)13-26-27-22(29)15-5-1-2-6-20(15)28-9-3-4-10-28/h1-13H,(H,27,29). The SMILES string of the molecule is O=C(NN=Cc1ccc(-c2cc(Cl)c(Cl)cc2Cl)o1)c1ccccc1-n1cccc1. The molecule has 4 aromatic rings. The van der Waals surface area contributed by atoms with Gasteiger partial charge in [-0.3, -0.25) is 4.79 Å². The first-order valence-corrected chi connectivity index (χ1v) is 9.97. The van der Waals surface area contributed by atoms with Gasteiger partial charge in [0.15, 0.2) is 0 Å². The monoisotopic (exact) mass is 457 g/mol. The Kier molecular flexibility index (Phi) is 5.95. The van der Waals surface area contributed by atoms with Gasteiger partial charge >= 0.3 is 0 Å². The summed E-state index contributed by atoms with van der Waals surface area (Å²) in [5.74, 6) is 0.602. The topological polar surface area (TPSA) is 59.5 Å². The molecule has 0 bridgehead atoms. The lowest BCUT2D eigenvalue weighted by atomic mass is 10.1. The highest BCUT2D eigenvalue weighted by Gasteiger charge is 2.13. The van der Waals surface area contributed by atoms with Crippen molar-refractivity contribution in [1.29, 1.82) is 0 Å². The zero-order valence-electron chi connectivity index (χ0n) is 15.4. The van der Waals surface area contributed by atoms with Gasteiger partial charge < -0.3 is 8.98 Å². The number of carbonyl (C=O) groups is 1. The summed E-state index contributed by atoms with van der Waals surface area (Å²) in [5, 5.41) is 5.14. The van der Waals surface area contributed by atoms with E-state index in [4.69, 9.17) is 39.2 Å².